The lowest BCUT2D eigenvalue weighted by Crippen LogP contribution is -2.39. The van der Waals surface area contributed by atoms with Gasteiger partial charge in [-0.25, -0.2) is 4.99 Å². The van der Waals surface area contributed by atoms with Crippen LogP contribution in [0.4, 0.5) is 0 Å². The molecular weight excluding hydrogens is 294 g/mol. The van der Waals surface area contributed by atoms with Crippen LogP contribution in [-0.4, -0.2) is 30.9 Å². The fourth-order valence-electron chi connectivity index (χ4n) is 2.88. The summed E-state index contributed by atoms with van der Waals surface area (Å²) in [5.41, 5.74) is 0.499. The third-order valence-electron chi connectivity index (χ3n) is 4.20. The molecule has 0 unspecified atom stereocenters. The lowest BCUT2D eigenvalue weighted by atomic mass is 9.90. The number of aliphatic imine (C=N–C) groups is 1. The van der Waals surface area contributed by atoms with Gasteiger partial charge in [-0.3, -0.25) is 20.2 Å². The molecule has 0 atom stereocenters. The van der Waals surface area contributed by atoms with Crippen molar-refractivity contribution in [3.63, 3.8) is 0 Å². The molecule has 6 nitrogen and oxygen atoms in total. The van der Waals surface area contributed by atoms with E-state index >= 15 is 0 Å². The van der Waals surface area contributed by atoms with Gasteiger partial charge in [0.25, 0.3) is 5.91 Å². The van der Waals surface area contributed by atoms with E-state index in [1.165, 1.54) is 32.1 Å². The Morgan fingerprint density at radius 2 is 1.96 bits per heavy atom. The van der Waals surface area contributed by atoms with Crippen molar-refractivity contribution in [2.75, 3.05) is 13.2 Å². The molecule has 122 valence electrons. The van der Waals surface area contributed by atoms with Crippen LogP contribution < -0.4 is 15.4 Å². The zero-order valence-electron chi connectivity index (χ0n) is 13.0. The minimum Gasteiger partial charge on any atom is -0.493 e. The number of carbonyl (C=O) groups is 2. The second-order valence-electron chi connectivity index (χ2n) is 6.01. The molecule has 1 heterocycles. The number of amides is 2. The van der Waals surface area contributed by atoms with Gasteiger partial charge in [-0.1, -0.05) is 19.3 Å². The Balaban J connectivity index is 1.50. The van der Waals surface area contributed by atoms with E-state index in [1.54, 1.807) is 24.3 Å². The maximum atomic E-state index is 12.0. The van der Waals surface area contributed by atoms with Crippen LogP contribution in [-0.2, 0) is 4.79 Å². The first-order valence-electron chi connectivity index (χ1n) is 8.09. The summed E-state index contributed by atoms with van der Waals surface area (Å²) >= 11 is 0. The molecule has 1 fully saturated rings. The summed E-state index contributed by atoms with van der Waals surface area (Å²) in [6.45, 7) is 0.804. The van der Waals surface area contributed by atoms with E-state index in [2.05, 4.69) is 15.6 Å². The molecule has 0 spiro atoms. The van der Waals surface area contributed by atoms with E-state index in [0.717, 1.165) is 12.4 Å². The van der Waals surface area contributed by atoms with Crippen LogP contribution in [0.15, 0.2) is 29.3 Å². The van der Waals surface area contributed by atoms with Gasteiger partial charge in [-0.2, -0.15) is 0 Å². The highest BCUT2D eigenvalue weighted by atomic mass is 16.5. The molecule has 2 N–H and O–H groups in total. The van der Waals surface area contributed by atoms with Crippen molar-refractivity contribution < 1.29 is 14.3 Å². The molecule has 1 aromatic carbocycles. The standard InChI is InChI=1S/C17H21N3O3/c21-15-10-18-17(19-15)20-16(22)13-6-8-14(9-7-13)23-11-12-4-2-1-3-5-12/h6-9,12H,1-5,10-11H2,(H2,18,19,20,21,22). The number of hydrogen-bond donors (Lipinski definition) is 2. The van der Waals surface area contributed by atoms with Gasteiger partial charge in [0.2, 0.25) is 11.9 Å². The monoisotopic (exact) mass is 315 g/mol. The molecule has 1 aromatic rings. The second kappa shape index (κ2) is 7.26. The van der Waals surface area contributed by atoms with Crippen molar-refractivity contribution in [1.82, 2.24) is 10.6 Å². The average Bonchev–Trinajstić information content (AvgIpc) is 2.99. The minimum absolute atomic E-state index is 0.0591. The topological polar surface area (TPSA) is 79.8 Å². The number of ether oxygens (including phenoxy) is 1. The summed E-state index contributed by atoms with van der Waals surface area (Å²) in [6.07, 6.45) is 6.43. The zero-order chi connectivity index (χ0) is 16.1. The van der Waals surface area contributed by atoms with E-state index in [4.69, 9.17) is 4.74 Å². The van der Waals surface area contributed by atoms with E-state index < -0.39 is 0 Å². The molecule has 0 aromatic heterocycles. The molecule has 23 heavy (non-hydrogen) atoms. The van der Waals surface area contributed by atoms with Gasteiger partial charge >= 0.3 is 0 Å². The highest BCUT2D eigenvalue weighted by Crippen LogP contribution is 2.24. The maximum absolute atomic E-state index is 12.0. The van der Waals surface area contributed by atoms with E-state index in [1.807, 2.05) is 0 Å². The Hall–Kier alpha value is -2.37. The van der Waals surface area contributed by atoms with Gasteiger partial charge < -0.3 is 4.74 Å². The first-order chi connectivity index (χ1) is 11.2. The normalized spacial score (nSPS) is 18.3. The Kier molecular flexibility index (Phi) is 4.90. The first-order valence-corrected chi connectivity index (χ1v) is 8.09. The Labute approximate surface area is 135 Å². The summed E-state index contributed by atoms with van der Waals surface area (Å²) in [6, 6.07) is 7.02. The third kappa shape index (κ3) is 4.31. The first kappa shape index (κ1) is 15.5. The molecule has 0 saturated heterocycles. The third-order valence-corrected chi connectivity index (χ3v) is 4.20. The fourth-order valence-corrected chi connectivity index (χ4v) is 2.88. The van der Waals surface area contributed by atoms with Crippen molar-refractivity contribution >= 4 is 17.8 Å². The van der Waals surface area contributed by atoms with Gasteiger partial charge in [-0.15, -0.1) is 0 Å². The predicted molar refractivity (Wildman–Crippen MR) is 86.4 cm³/mol. The van der Waals surface area contributed by atoms with Crippen LogP contribution >= 0.6 is 0 Å². The zero-order valence-corrected chi connectivity index (χ0v) is 13.0. The number of nitrogens with one attached hydrogen (secondary N) is 2. The minimum atomic E-state index is -0.301. The lowest BCUT2D eigenvalue weighted by Gasteiger charge is -2.21. The Morgan fingerprint density at radius 3 is 2.61 bits per heavy atom. The summed E-state index contributed by atoms with van der Waals surface area (Å²) < 4.78 is 5.82. The second-order valence-corrected chi connectivity index (χ2v) is 6.01. The molecule has 3 rings (SSSR count). The smallest absolute Gasteiger partial charge is 0.257 e. The van der Waals surface area contributed by atoms with Crippen molar-refractivity contribution in [2.24, 2.45) is 10.9 Å². The quantitative estimate of drug-likeness (QED) is 0.890. The lowest BCUT2D eigenvalue weighted by molar-refractivity contribution is -0.117. The van der Waals surface area contributed by atoms with Crippen LogP contribution in [0.25, 0.3) is 0 Å². The van der Waals surface area contributed by atoms with Crippen LogP contribution in [0.3, 0.4) is 0 Å². The van der Waals surface area contributed by atoms with Crippen molar-refractivity contribution in [3.05, 3.63) is 29.8 Å². The Bertz CT molecular complexity index is 604. The van der Waals surface area contributed by atoms with Gasteiger partial charge in [0.15, 0.2) is 0 Å². The molecule has 1 aliphatic carbocycles. The number of benzene rings is 1. The Morgan fingerprint density at radius 1 is 1.22 bits per heavy atom. The summed E-state index contributed by atoms with van der Waals surface area (Å²) in [5.74, 6) is 1.11. The molecule has 1 aliphatic heterocycles. The van der Waals surface area contributed by atoms with Crippen LogP contribution in [0.1, 0.15) is 42.5 Å². The maximum Gasteiger partial charge on any atom is 0.257 e. The average molecular weight is 315 g/mol. The number of hydrogen-bond acceptors (Lipinski definition) is 4. The van der Waals surface area contributed by atoms with Crippen LogP contribution in [0.2, 0.25) is 0 Å². The van der Waals surface area contributed by atoms with Crippen LogP contribution in [0.5, 0.6) is 5.75 Å². The largest absolute Gasteiger partial charge is 0.493 e. The van der Waals surface area contributed by atoms with Crippen LogP contribution in [0, 0.1) is 5.92 Å². The van der Waals surface area contributed by atoms with E-state index in [9.17, 15) is 9.59 Å². The molecule has 2 aliphatic rings. The van der Waals surface area contributed by atoms with Gasteiger partial charge in [-0.05, 0) is 43.0 Å². The van der Waals surface area contributed by atoms with Crippen molar-refractivity contribution in [2.45, 2.75) is 32.1 Å². The van der Waals surface area contributed by atoms with E-state index in [-0.39, 0.29) is 24.3 Å². The number of carbonyl (C=O) groups excluding carboxylic acids is 2. The molecule has 1 saturated carbocycles. The molecule has 0 radical (unpaired) electrons. The summed E-state index contributed by atoms with van der Waals surface area (Å²) in [5, 5.41) is 5.04. The highest BCUT2D eigenvalue weighted by molar-refractivity contribution is 6.12. The predicted octanol–water partition coefficient (Wildman–Crippen LogP) is 1.86. The number of nitrogens with zero attached hydrogens (tertiary/aromatic N) is 1. The van der Waals surface area contributed by atoms with Gasteiger partial charge in [0, 0.05) is 5.56 Å². The van der Waals surface area contributed by atoms with E-state index in [0.29, 0.717) is 11.5 Å². The molecular formula is C17H21N3O3. The molecule has 6 heteroatoms. The molecule has 2 amide bonds. The highest BCUT2D eigenvalue weighted by Gasteiger charge is 2.17. The fraction of sp³-hybridized carbons (Fsp3) is 0.471. The molecule has 0 bridgehead atoms. The van der Waals surface area contributed by atoms with Gasteiger partial charge in [0.1, 0.15) is 12.3 Å². The number of rotatable bonds is 4. The summed E-state index contributed by atoms with van der Waals surface area (Å²) in [4.78, 5) is 26.9. The number of guanidine groups is 1. The van der Waals surface area contributed by atoms with Gasteiger partial charge in [0.05, 0.1) is 6.61 Å². The summed E-state index contributed by atoms with van der Waals surface area (Å²) in [7, 11) is 0. The SMILES string of the molecule is O=C1CN=C(NC(=O)c2ccc(OCC3CCCCC3)cc2)N1. The van der Waals surface area contributed by atoms with Crippen molar-refractivity contribution in [1.29, 1.82) is 0 Å². The van der Waals surface area contributed by atoms with Crippen molar-refractivity contribution in [3.8, 4) is 5.75 Å².